The molecule has 2 aromatic heterocycles. The van der Waals surface area contributed by atoms with E-state index in [0.717, 1.165) is 23.8 Å². The van der Waals surface area contributed by atoms with Crippen LogP contribution < -0.4 is 5.32 Å². The molecule has 0 saturated carbocycles. The summed E-state index contributed by atoms with van der Waals surface area (Å²) in [5.41, 5.74) is -0.148. The molecular weight excluding hydrogens is 402 g/mol. The zero-order valence-corrected chi connectivity index (χ0v) is 15.2. The number of alkyl halides is 3. The van der Waals surface area contributed by atoms with E-state index < -0.39 is 35.2 Å². The lowest BCUT2D eigenvalue weighted by Crippen LogP contribution is -2.24. The predicted molar refractivity (Wildman–Crippen MR) is 98.8 cm³/mol. The minimum atomic E-state index is -4.78. The SMILES string of the molecule is O=C(NCc1ccccc1)c1nc2nc(-c3ccc(F)cc3)cc(C(F)(F)F)n2n1. The molecule has 0 spiro atoms. The van der Waals surface area contributed by atoms with Crippen molar-refractivity contribution in [1.29, 1.82) is 0 Å². The summed E-state index contributed by atoms with van der Waals surface area (Å²) < 4.78 is 54.4. The summed E-state index contributed by atoms with van der Waals surface area (Å²) >= 11 is 0. The summed E-state index contributed by atoms with van der Waals surface area (Å²) in [7, 11) is 0. The summed E-state index contributed by atoms with van der Waals surface area (Å²) in [6, 6.07) is 14.6. The van der Waals surface area contributed by atoms with E-state index in [2.05, 4.69) is 20.4 Å². The van der Waals surface area contributed by atoms with Crippen LogP contribution in [0.25, 0.3) is 17.0 Å². The average Bonchev–Trinajstić information content (AvgIpc) is 3.16. The number of nitrogens with one attached hydrogen (secondary N) is 1. The molecule has 2 heterocycles. The molecule has 30 heavy (non-hydrogen) atoms. The molecule has 0 aliphatic carbocycles. The van der Waals surface area contributed by atoms with Gasteiger partial charge in [0.25, 0.3) is 11.7 Å². The Bertz CT molecular complexity index is 1200. The highest BCUT2D eigenvalue weighted by molar-refractivity contribution is 5.90. The van der Waals surface area contributed by atoms with Crippen molar-refractivity contribution in [2.75, 3.05) is 0 Å². The maximum absolute atomic E-state index is 13.6. The summed E-state index contributed by atoms with van der Waals surface area (Å²) in [6.07, 6.45) is -4.78. The van der Waals surface area contributed by atoms with Crippen LogP contribution in [0.1, 0.15) is 21.9 Å². The lowest BCUT2D eigenvalue weighted by atomic mass is 10.1. The minimum Gasteiger partial charge on any atom is -0.345 e. The monoisotopic (exact) mass is 415 g/mol. The maximum atomic E-state index is 13.6. The Hall–Kier alpha value is -3.82. The van der Waals surface area contributed by atoms with E-state index in [1.807, 2.05) is 6.07 Å². The van der Waals surface area contributed by atoms with Crippen molar-refractivity contribution in [3.8, 4) is 11.3 Å². The van der Waals surface area contributed by atoms with Gasteiger partial charge in [0.05, 0.1) is 5.69 Å². The fraction of sp³-hybridized carbons (Fsp3) is 0.100. The van der Waals surface area contributed by atoms with Gasteiger partial charge in [-0.25, -0.2) is 9.37 Å². The van der Waals surface area contributed by atoms with Crippen LogP contribution in [0.3, 0.4) is 0 Å². The van der Waals surface area contributed by atoms with Gasteiger partial charge in [0.2, 0.25) is 5.82 Å². The van der Waals surface area contributed by atoms with Gasteiger partial charge >= 0.3 is 6.18 Å². The summed E-state index contributed by atoms with van der Waals surface area (Å²) in [6.45, 7) is 0.162. The standard InChI is InChI=1S/C20H13F4N5O/c21-14-8-6-13(7-9-14)15-10-16(20(22,23)24)29-19(26-15)27-17(28-29)18(30)25-11-12-4-2-1-3-5-12/h1-10H,11H2,(H,25,30). The molecule has 0 fully saturated rings. The van der Waals surface area contributed by atoms with Gasteiger partial charge in [0.1, 0.15) is 5.82 Å². The molecule has 0 atom stereocenters. The van der Waals surface area contributed by atoms with Crippen molar-refractivity contribution in [3.05, 3.63) is 83.6 Å². The third kappa shape index (κ3) is 3.97. The van der Waals surface area contributed by atoms with Crippen LogP contribution in [0, 0.1) is 5.82 Å². The van der Waals surface area contributed by atoms with Crippen molar-refractivity contribution in [1.82, 2.24) is 24.9 Å². The number of amides is 1. The van der Waals surface area contributed by atoms with Crippen LogP contribution >= 0.6 is 0 Å². The Morgan fingerprint density at radius 3 is 2.37 bits per heavy atom. The summed E-state index contributed by atoms with van der Waals surface area (Å²) in [4.78, 5) is 20.3. The first-order valence-electron chi connectivity index (χ1n) is 8.74. The van der Waals surface area contributed by atoms with Crippen LogP contribution in [0.15, 0.2) is 60.7 Å². The van der Waals surface area contributed by atoms with E-state index in [-0.39, 0.29) is 17.8 Å². The van der Waals surface area contributed by atoms with Crippen molar-refractivity contribution >= 4 is 11.7 Å². The molecule has 0 saturated heterocycles. The molecule has 0 aliphatic rings. The highest BCUT2D eigenvalue weighted by Gasteiger charge is 2.36. The molecule has 4 rings (SSSR count). The van der Waals surface area contributed by atoms with Gasteiger partial charge in [-0.05, 0) is 35.9 Å². The average molecular weight is 415 g/mol. The molecule has 2 aromatic carbocycles. The smallest absolute Gasteiger partial charge is 0.345 e. The number of benzene rings is 2. The first kappa shape index (κ1) is 19.5. The fourth-order valence-electron chi connectivity index (χ4n) is 2.79. The normalized spacial score (nSPS) is 11.6. The summed E-state index contributed by atoms with van der Waals surface area (Å²) in [5.74, 6) is -2.11. The van der Waals surface area contributed by atoms with Gasteiger partial charge in [0.15, 0.2) is 5.69 Å². The number of halogens is 4. The van der Waals surface area contributed by atoms with Crippen molar-refractivity contribution in [2.45, 2.75) is 12.7 Å². The fourth-order valence-corrected chi connectivity index (χ4v) is 2.79. The molecule has 10 heteroatoms. The van der Waals surface area contributed by atoms with Crippen LogP contribution in [-0.2, 0) is 12.7 Å². The van der Waals surface area contributed by atoms with Gasteiger partial charge in [-0.1, -0.05) is 30.3 Å². The largest absolute Gasteiger partial charge is 0.433 e. The van der Waals surface area contributed by atoms with Crippen molar-refractivity contribution in [3.63, 3.8) is 0 Å². The zero-order chi connectivity index (χ0) is 21.3. The van der Waals surface area contributed by atoms with Crippen LogP contribution in [0.4, 0.5) is 17.6 Å². The molecule has 0 radical (unpaired) electrons. The number of carbonyl (C=O) groups is 1. The third-order valence-electron chi connectivity index (χ3n) is 4.24. The highest BCUT2D eigenvalue weighted by Crippen LogP contribution is 2.31. The zero-order valence-electron chi connectivity index (χ0n) is 15.2. The molecule has 1 N–H and O–H groups in total. The minimum absolute atomic E-state index is 0.0709. The van der Waals surface area contributed by atoms with Crippen LogP contribution in [-0.4, -0.2) is 25.5 Å². The second kappa shape index (κ2) is 7.54. The number of rotatable bonds is 4. The maximum Gasteiger partial charge on any atom is 0.433 e. The van der Waals surface area contributed by atoms with E-state index in [0.29, 0.717) is 4.52 Å². The van der Waals surface area contributed by atoms with E-state index in [1.165, 1.54) is 12.1 Å². The lowest BCUT2D eigenvalue weighted by Gasteiger charge is -2.10. The topological polar surface area (TPSA) is 72.2 Å². The van der Waals surface area contributed by atoms with Gasteiger partial charge in [-0.15, -0.1) is 5.10 Å². The van der Waals surface area contributed by atoms with Crippen LogP contribution in [0.5, 0.6) is 0 Å². The lowest BCUT2D eigenvalue weighted by molar-refractivity contribution is -0.142. The summed E-state index contributed by atoms with van der Waals surface area (Å²) in [5, 5.41) is 6.25. The van der Waals surface area contributed by atoms with E-state index in [1.54, 1.807) is 24.3 Å². The molecule has 0 unspecified atom stereocenters. The van der Waals surface area contributed by atoms with Crippen molar-refractivity contribution < 1.29 is 22.4 Å². The number of carbonyl (C=O) groups excluding carboxylic acids is 1. The molecule has 0 bridgehead atoms. The van der Waals surface area contributed by atoms with Gasteiger partial charge in [-0.3, -0.25) is 4.79 Å². The first-order chi connectivity index (χ1) is 14.3. The highest BCUT2D eigenvalue weighted by atomic mass is 19.4. The Kier molecular flexibility index (Phi) is 4.90. The second-order valence-corrected chi connectivity index (χ2v) is 6.35. The molecule has 1 amide bonds. The number of hydrogen-bond acceptors (Lipinski definition) is 4. The first-order valence-corrected chi connectivity index (χ1v) is 8.74. The van der Waals surface area contributed by atoms with E-state index in [4.69, 9.17) is 0 Å². The predicted octanol–water partition coefficient (Wildman–Crippen LogP) is 3.88. The van der Waals surface area contributed by atoms with Gasteiger partial charge in [0, 0.05) is 12.1 Å². The Labute approximate surface area is 167 Å². The number of fused-ring (bicyclic) bond motifs is 1. The van der Waals surface area contributed by atoms with Gasteiger partial charge in [-0.2, -0.15) is 22.7 Å². The molecule has 4 aromatic rings. The Balaban J connectivity index is 1.71. The van der Waals surface area contributed by atoms with Gasteiger partial charge < -0.3 is 5.32 Å². The van der Waals surface area contributed by atoms with E-state index >= 15 is 0 Å². The second-order valence-electron chi connectivity index (χ2n) is 6.35. The van der Waals surface area contributed by atoms with Crippen LogP contribution in [0.2, 0.25) is 0 Å². The Morgan fingerprint density at radius 2 is 1.70 bits per heavy atom. The third-order valence-corrected chi connectivity index (χ3v) is 4.24. The molecule has 152 valence electrons. The number of aromatic nitrogens is 4. The molecule has 6 nitrogen and oxygen atoms in total. The van der Waals surface area contributed by atoms with Crippen molar-refractivity contribution in [2.24, 2.45) is 0 Å². The molecule has 0 aliphatic heterocycles. The number of hydrogen-bond donors (Lipinski definition) is 1. The van der Waals surface area contributed by atoms with E-state index in [9.17, 15) is 22.4 Å². The quantitative estimate of drug-likeness (QED) is 0.514. The molecular formula is C20H13F4N5O. The Morgan fingerprint density at radius 1 is 1.00 bits per heavy atom. The number of nitrogens with zero attached hydrogens (tertiary/aromatic N) is 4.